The molecule has 2 aromatic rings. The van der Waals surface area contributed by atoms with Crippen LogP contribution in [0.1, 0.15) is 44.2 Å². The lowest BCUT2D eigenvalue weighted by Gasteiger charge is -2.22. The van der Waals surface area contributed by atoms with Crippen LogP contribution in [0.3, 0.4) is 0 Å². The minimum atomic E-state index is -0.777. The third-order valence-electron chi connectivity index (χ3n) is 6.16. The fourth-order valence-electron chi connectivity index (χ4n) is 4.18. The van der Waals surface area contributed by atoms with Crippen molar-refractivity contribution < 1.29 is 19.1 Å². The van der Waals surface area contributed by atoms with Gasteiger partial charge in [0.2, 0.25) is 17.7 Å². The molecular weight excluding hydrogens is 456 g/mol. The zero-order valence-electron chi connectivity index (χ0n) is 21.2. The van der Waals surface area contributed by atoms with Gasteiger partial charge >= 0.3 is 0 Å². The summed E-state index contributed by atoms with van der Waals surface area (Å²) in [7, 11) is 0. The lowest BCUT2D eigenvalue weighted by Crippen LogP contribution is -2.53. The van der Waals surface area contributed by atoms with Crippen LogP contribution in [0, 0.1) is 5.92 Å². The number of nitrogens with two attached hydrogens (primary N) is 1. The van der Waals surface area contributed by atoms with E-state index < -0.39 is 12.1 Å². The fraction of sp³-hybridized carbons (Fsp3) is 0.464. The zero-order valence-corrected chi connectivity index (χ0v) is 21.2. The van der Waals surface area contributed by atoms with Crippen molar-refractivity contribution in [1.82, 2.24) is 15.5 Å². The van der Waals surface area contributed by atoms with Crippen LogP contribution in [-0.2, 0) is 27.4 Å². The summed E-state index contributed by atoms with van der Waals surface area (Å²) in [5.74, 6) is 0.460. The second-order valence-electron chi connectivity index (χ2n) is 9.69. The minimum absolute atomic E-state index is 0.114. The molecule has 1 aliphatic heterocycles. The van der Waals surface area contributed by atoms with E-state index in [0.29, 0.717) is 39.0 Å². The highest BCUT2D eigenvalue weighted by Gasteiger charge is 2.25. The molecule has 0 bridgehead atoms. The second-order valence-corrected chi connectivity index (χ2v) is 9.69. The van der Waals surface area contributed by atoms with E-state index in [0.717, 1.165) is 29.8 Å². The number of ether oxygens (including phenoxy) is 1. The summed E-state index contributed by atoms with van der Waals surface area (Å²) < 4.78 is 5.85. The molecule has 2 aromatic carbocycles. The standard InChI is InChI=1S/C28H38N4O4/c1-20(2)17-24(29)27(34)31-25(28(35)30-14-16-32-15-6-9-26(32)33)18-21-10-12-23(13-11-21)36-19-22-7-4-3-5-8-22/h3-5,7-8,10-13,20,24-25H,6,9,14-19,29H2,1-2H3,(H,30,35)(H,31,34). The Labute approximate surface area is 213 Å². The highest BCUT2D eigenvalue weighted by atomic mass is 16.5. The Morgan fingerprint density at radius 3 is 2.39 bits per heavy atom. The first kappa shape index (κ1) is 27.2. The van der Waals surface area contributed by atoms with E-state index in [-0.39, 0.29) is 23.6 Å². The number of carbonyl (C=O) groups excluding carboxylic acids is 3. The maximum atomic E-state index is 13.0. The molecule has 36 heavy (non-hydrogen) atoms. The number of amides is 3. The van der Waals surface area contributed by atoms with Gasteiger partial charge in [0, 0.05) is 32.5 Å². The highest BCUT2D eigenvalue weighted by molar-refractivity contribution is 5.90. The molecule has 0 aliphatic carbocycles. The van der Waals surface area contributed by atoms with Gasteiger partial charge in [-0.3, -0.25) is 14.4 Å². The summed E-state index contributed by atoms with van der Waals surface area (Å²) in [5, 5.41) is 5.70. The number of likely N-dealkylation sites (tertiary alicyclic amines) is 1. The normalized spacial score (nSPS) is 15.0. The van der Waals surface area contributed by atoms with Gasteiger partial charge in [-0.25, -0.2) is 0 Å². The number of nitrogens with one attached hydrogen (secondary N) is 2. The van der Waals surface area contributed by atoms with Gasteiger partial charge in [-0.05, 0) is 42.0 Å². The van der Waals surface area contributed by atoms with E-state index >= 15 is 0 Å². The lowest BCUT2D eigenvalue weighted by atomic mass is 10.0. The average Bonchev–Trinajstić information content (AvgIpc) is 3.27. The van der Waals surface area contributed by atoms with Gasteiger partial charge in [-0.15, -0.1) is 0 Å². The van der Waals surface area contributed by atoms with Crippen molar-refractivity contribution >= 4 is 17.7 Å². The van der Waals surface area contributed by atoms with Crippen molar-refractivity contribution in [2.24, 2.45) is 11.7 Å². The predicted octanol–water partition coefficient (Wildman–Crippen LogP) is 2.40. The van der Waals surface area contributed by atoms with Crippen molar-refractivity contribution in [1.29, 1.82) is 0 Å². The van der Waals surface area contributed by atoms with Crippen LogP contribution in [0.15, 0.2) is 54.6 Å². The van der Waals surface area contributed by atoms with E-state index in [1.54, 1.807) is 4.90 Å². The number of benzene rings is 2. The molecule has 2 atom stereocenters. The third kappa shape index (κ3) is 8.68. The van der Waals surface area contributed by atoms with Gasteiger partial charge in [0.15, 0.2) is 0 Å². The van der Waals surface area contributed by atoms with Gasteiger partial charge in [0.1, 0.15) is 18.4 Å². The third-order valence-corrected chi connectivity index (χ3v) is 6.16. The molecule has 1 heterocycles. The SMILES string of the molecule is CC(C)CC(N)C(=O)NC(Cc1ccc(OCc2ccccc2)cc1)C(=O)NCCN1CCCC1=O. The number of carbonyl (C=O) groups is 3. The molecule has 1 fully saturated rings. The van der Waals surface area contributed by atoms with E-state index in [2.05, 4.69) is 10.6 Å². The van der Waals surface area contributed by atoms with Crippen LogP contribution in [0.25, 0.3) is 0 Å². The van der Waals surface area contributed by atoms with Crippen LogP contribution < -0.4 is 21.1 Å². The molecule has 0 radical (unpaired) electrons. The molecule has 1 saturated heterocycles. The molecule has 2 unspecified atom stereocenters. The van der Waals surface area contributed by atoms with E-state index in [9.17, 15) is 14.4 Å². The summed E-state index contributed by atoms with van der Waals surface area (Å²) in [6, 6.07) is 16.0. The Morgan fingerprint density at radius 2 is 1.75 bits per heavy atom. The molecule has 3 rings (SSSR count). The number of hydrogen-bond donors (Lipinski definition) is 3. The van der Waals surface area contributed by atoms with Gasteiger partial charge < -0.3 is 26.0 Å². The van der Waals surface area contributed by atoms with Gasteiger partial charge in [-0.2, -0.15) is 0 Å². The molecule has 4 N–H and O–H groups in total. The van der Waals surface area contributed by atoms with Crippen molar-refractivity contribution in [3.63, 3.8) is 0 Å². The van der Waals surface area contributed by atoms with E-state index in [4.69, 9.17) is 10.5 Å². The lowest BCUT2D eigenvalue weighted by molar-refractivity contribution is -0.130. The first-order chi connectivity index (χ1) is 17.3. The Morgan fingerprint density at radius 1 is 1.03 bits per heavy atom. The summed E-state index contributed by atoms with van der Waals surface area (Å²) >= 11 is 0. The van der Waals surface area contributed by atoms with E-state index in [1.165, 1.54) is 0 Å². The first-order valence-electron chi connectivity index (χ1n) is 12.7. The zero-order chi connectivity index (χ0) is 25.9. The smallest absolute Gasteiger partial charge is 0.242 e. The second kappa shape index (κ2) is 13.6. The highest BCUT2D eigenvalue weighted by Crippen LogP contribution is 2.16. The Kier molecular flexibility index (Phi) is 10.3. The Hall–Kier alpha value is -3.39. The topological polar surface area (TPSA) is 114 Å². The molecule has 8 nitrogen and oxygen atoms in total. The van der Waals surface area contributed by atoms with Gasteiger partial charge in [0.25, 0.3) is 0 Å². The van der Waals surface area contributed by atoms with Crippen LogP contribution in [0.5, 0.6) is 5.75 Å². The summed E-state index contributed by atoms with van der Waals surface area (Å²) in [4.78, 5) is 39.3. The minimum Gasteiger partial charge on any atom is -0.489 e. The number of hydrogen-bond acceptors (Lipinski definition) is 5. The maximum Gasteiger partial charge on any atom is 0.242 e. The monoisotopic (exact) mass is 494 g/mol. The van der Waals surface area contributed by atoms with Crippen LogP contribution in [0.4, 0.5) is 0 Å². The average molecular weight is 495 g/mol. The summed E-state index contributed by atoms with van der Waals surface area (Å²) in [6.45, 7) is 5.98. The molecule has 0 aromatic heterocycles. The van der Waals surface area contributed by atoms with Gasteiger partial charge in [-0.1, -0.05) is 56.3 Å². The van der Waals surface area contributed by atoms with Crippen molar-refractivity contribution in [2.75, 3.05) is 19.6 Å². The molecule has 8 heteroatoms. The van der Waals surface area contributed by atoms with Crippen LogP contribution in [-0.4, -0.2) is 54.3 Å². The molecule has 0 saturated carbocycles. The van der Waals surface area contributed by atoms with Crippen molar-refractivity contribution in [2.45, 2.75) is 58.2 Å². The fourth-order valence-corrected chi connectivity index (χ4v) is 4.18. The van der Waals surface area contributed by atoms with Crippen molar-refractivity contribution in [3.8, 4) is 5.75 Å². The number of rotatable bonds is 13. The van der Waals surface area contributed by atoms with Crippen molar-refractivity contribution in [3.05, 3.63) is 65.7 Å². The van der Waals surface area contributed by atoms with Crippen LogP contribution in [0.2, 0.25) is 0 Å². The molecule has 3 amide bonds. The summed E-state index contributed by atoms with van der Waals surface area (Å²) in [6.07, 6.45) is 2.26. The Bertz CT molecular complexity index is 994. The largest absolute Gasteiger partial charge is 0.489 e. The molecular formula is C28H38N4O4. The number of nitrogens with zero attached hydrogens (tertiary/aromatic N) is 1. The predicted molar refractivity (Wildman–Crippen MR) is 139 cm³/mol. The van der Waals surface area contributed by atoms with E-state index in [1.807, 2.05) is 68.4 Å². The summed E-state index contributed by atoms with van der Waals surface area (Å²) in [5.41, 5.74) is 8.02. The first-order valence-corrected chi connectivity index (χ1v) is 12.7. The Balaban J connectivity index is 1.59. The quantitative estimate of drug-likeness (QED) is 0.396. The molecule has 1 aliphatic rings. The molecule has 0 spiro atoms. The van der Waals surface area contributed by atoms with Crippen LogP contribution >= 0.6 is 0 Å². The van der Waals surface area contributed by atoms with Gasteiger partial charge in [0.05, 0.1) is 6.04 Å². The maximum absolute atomic E-state index is 13.0. The molecule has 194 valence electrons.